The van der Waals surface area contributed by atoms with Crippen LogP contribution < -0.4 is 15.6 Å². The second-order valence-corrected chi connectivity index (χ2v) is 7.75. The van der Waals surface area contributed by atoms with Crippen LogP contribution in [0.1, 0.15) is 41.4 Å². The van der Waals surface area contributed by atoms with E-state index in [2.05, 4.69) is 10.3 Å². The third-order valence-corrected chi connectivity index (χ3v) is 5.88. The van der Waals surface area contributed by atoms with Gasteiger partial charge in [0.25, 0.3) is 17.9 Å². The van der Waals surface area contributed by atoms with Crippen molar-refractivity contribution < 1.29 is 24.2 Å². The summed E-state index contributed by atoms with van der Waals surface area (Å²) in [4.78, 5) is 51.6. The lowest BCUT2D eigenvalue weighted by atomic mass is 9.78. The van der Waals surface area contributed by atoms with Gasteiger partial charge < -0.3 is 24.6 Å². The van der Waals surface area contributed by atoms with Gasteiger partial charge >= 0.3 is 0 Å². The Morgan fingerprint density at radius 3 is 2.75 bits per heavy atom. The molecule has 2 aliphatic rings. The topological polar surface area (TPSA) is 131 Å². The molecule has 0 spiro atoms. The summed E-state index contributed by atoms with van der Waals surface area (Å²) in [5, 5.41) is 9.74. The van der Waals surface area contributed by atoms with Crippen LogP contribution in [0, 0.1) is 5.92 Å². The number of amides is 2. The Kier molecular flexibility index (Phi) is 7.24. The van der Waals surface area contributed by atoms with Crippen LogP contribution >= 0.6 is 0 Å². The zero-order valence-electron chi connectivity index (χ0n) is 17.9. The number of likely N-dealkylation sites (tertiary alicyclic amines) is 1. The summed E-state index contributed by atoms with van der Waals surface area (Å²) in [6.45, 7) is 2.64. The van der Waals surface area contributed by atoms with Crippen molar-refractivity contribution >= 4 is 18.3 Å². The lowest BCUT2D eigenvalue weighted by molar-refractivity contribution is -0.123. The Balaban J connectivity index is 0.000000913. The number of piperidine rings is 1. The lowest BCUT2D eigenvalue weighted by Gasteiger charge is -2.47. The molecular formula is C22H26N4O6. The molecule has 2 amide bonds. The van der Waals surface area contributed by atoms with Gasteiger partial charge in [0.1, 0.15) is 5.75 Å². The van der Waals surface area contributed by atoms with Gasteiger partial charge in [-0.1, -0.05) is 6.07 Å². The van der Waals surface area contributed by atoms with Gasteiger partial charge in [0.2, 0.25) is 5.91 Å². The molecule has 0 unspecified atom stereocenters. The van der Waals surface area contributed by atoms with Crippen LogP contribution in [0.4, 0.5) is 0 Å². The van der Waals surface area contributed by atoms with E-state index in [1.807, 2.05) is 15.5 Å². The van der Waals surface area contributed by atoms with Gasteiger partial charge in [0.15, 0.2) is 0 Å². The number of ether oxygens (including phenoxy) is 1. The molecule has 2 aliphatic heterocycles. The van der Waals surface area contributed by atoms with E-state index in [0.29, 0.717) is 30.9 Å². The summed E-state index contributed by atoms with van der Waals surface area (Å²) in [7, 11) is 1.52. The summed E-state index contributed by atoms with van der Waals surface area (Å²) in [5.74, 6) is 0.351. The number of hydrogen-bond donors (Lipinski definition) is 2. The molecule has 10 heteroatoms. The predicted molar refractivity (Wildman–Crippen MR) is 115 cm³/mol. The van der Waals surface area contributed by atoms with E-state index in [-0.39, 0.29) is 41.7 Å². The summed E-state index contributed by atoms with van der Waals surface area (Å²) in [6.07, 6.45) is 3.99. The first-order valence-electron chi connectivity index (χ1n) is 10.2. The average molecular weight is 442 g/mol. The third kappa shape index (κ3) is 4.63. The molecule has 1 fully saturated rings. The number of hydrogen-bond acceptors (Lipinski definition) is 6. The second-order valence-electron chi connectivity index (χ2n) is 7.75. The van der Waals surface area contributed by atoms with E-state index in [1.54, 1.807) is 24.4 Å². The molecule has 4 heterocycles. The quantitative estimate of drug-likeness (QED) is 0.673. The van der Waals surface area contributed by atoms with Gasteiger partial charge in [0, 0.05) is 50.4 Å². The number of nitrogens with zero attached hydrogens (tertiary/aromatic N) is 3. The highest BCUT2D eigenvalue weighted by atomic mass is 16.5. The van der Waals surface area contributed by atoms with Crippen LogP contribution in [0.3, 0.4) is 0 Å². The largest absolute Gasteiger partial charge is 0.494 e. The molecule has 2 bridgehead atoms. The van der Waals surface area contributed by atoms with Crippen molar-refractivity contribution in [1.29, 1.82) is 0 Å². The number of fused-ring (bicyclic) bond motifs is 4. The Labute approximate surface area is 184 Å². The van der Waals surface area contributed by atoms with Crippen molar-refractivity contribution in [2.75, 3.05) is 26.7 Å². The van der Waals surface area contributed by atoms with Crippen molar-refractivity contribution in [2.24, 2.45) is 5.92 Å². The fourth-order valence-electron chi connectivity index (χ4n) is 4.61. The van der Waals surface area contributed by atoms with Gasteiger partial charge in [0.05, 0.1) is 24.9 Å². The van der Waals surface area contributed by atoms with Crippen LogP contribution in [-0.2, 0) is 9.59 Å². The molecule has 3 atom stereocenters. The van der Waals surface area contributed by atoms with Gasteiger partial charge in [-0.2, -0.15) is 0 Å². The first-order valence-corrected chi connectivity index (χ1v) is 10.2. The van der Waals surface area contributed by atoms with Crippen molar-refractivity contribution in [3.05, 3.63) is 58.3 Å². The minimum Gasteiger partial charge on any atom is -0.494 e. The standard InChI is InChI=1S/C21H24N4O4.CH2O2/c1-13(26)23-9-18-15-8-14(17-4-3-5-20(27)25(17)18)11-24(12-15)21(28)16-6-7-22-10-19(16)29-2;2-1-3/h3-7,10,14-15,18H,8-9,11-12H2,1-2H3,(H,23,26);1H,(H,2,3)/t14-,15+,18+;/m1./s1. The number of carboxylic acid groups (broad SMARTS) is 1. The molecule has 2 aromatic heterocycles. The first-order chi connectivity index (χ1) is 15.4. The van der Waals surface area contributed by atoms with E-state index in [4.69, 9.17) is 14.6 Å². The molecule has 170 valence electrons. The normalized spacial score (nSPS) is 20.8. The van der Waals surface area contributed by atoms with Gasteiger partial charge in [-0.25, -0.2) is 0 Å². The molecular weight excluding hydrogens is 416 g/mol. The van der Waals surface area contributed by atoms with Crippen molar-refractivity contribution in [3.8, 4) is 5.75 Å². The van der Waals surface area contributed by atoms with Crippen molar-refractivity contribution in [1.82, 2.24) is 19.8 Å². The Bertz CT molecular complexity index is 1050. The Hall–Kier alpha value is -3.69. The summed E-state index contributed by atoms with van der Waals surface area (Å²) in [6, 6.07) is 6.74. The van der Waals surface area contributed by atoms with Crippen LogP contribution in [0.15, 0.2) is 41.5 Å². The highest BCUT2D eigenvalue weighted by Gasteiger charge is 2.42. The molecule has 1 saturated heterocycles. The number of carbonyl (C=O) groups excluding carboxylic acids is 2. The van der Waals surface area contributed by atoms with Gasteiger partial charge in [-0.15, -0.1) is 0 Å². The van der Waals surface area contributed by atoms with Crippen molar-refractivity contribution in [3.63, 3.8) is 0 Å². The van der Waals surface area contributed by atoms with Gasteiger partial charge in [-0.3, -0.25) is 24.2 Å². The second kappa shape index (κ2) is 10.1. The zero-order chi connectivity index (χ0) is 23.3. The van der Waals surface area contributed by atoms with Gasteiger partial charge in [-0.05, 0) is 24.5 Å². The highest BCUT2D eigenvalue weighted by molar-refractivity contribution is 5.96. The maximum atomic E-state index is 13.2. The maximum Gasteiger partial charge on any atom is 0.290 e. The Morgan fingerprint density at radius 2 is 2.06 bits per heavy atom. The molecule has 2 N–H and O–H groups in total. The number of pyridine rings is 2. The third-order valence-electron chi connectivity index (χ3n) is 5.88. The smallest absolute Gasteiger partial charge is 0.290 e. The summed E-state index contributed by atoms with van der Waals surface area (Å²) >= 11 is 0. The first kappa shape index (κ1) is 23.0. The molecule has 0 radical (unpaired) electrons. The SMILES string of the molecule is COc1cnccc1C(=O)N1C[C@H]2C[C@@H](C1)[C@H](CNC(C)=O)n1c2cccc1=O.O=CO. The number of aromatic nitrogens is 2. The minimum absolute atomic E-state index is 0.0665. The highest BCUT2D eigenvalue weighted by Crippen LogP contribution is 2.41. The zero-order valence-corrected chi connectivity index (χ0v) is 17.9. The molecule has 4 rings (SSSR count). The number of methoxy groups -OCH3 is 1. The van der Waals surface area contributed by atoms with Crippen LogP contribution in [0.2, 0.25) is 0 Å². The van der Waals surface area contributed by atoms with Crippen LogP contribution in [0.25, 0.3) is 0 Å². The molecule has 0 aromatic carbocycles. The molecule has 2 aromatic rings. The molecule has 0 aliphatic carbocycles. The molecule has 0 saturated carbocycles. The van der Waals surface area contributed by atoms with Crippen LogP contribution in [0.5, 0.6) is 5.75 Å². The number of nitrogens with one attached hydrogen (secondary N) is 1. The summed E-state index contributed by atoms with van der Waals surface area (Å²) < 4.78 is 7.12. The number of rotatable bonds is 4. The maximum absolute atomic E-state index is 13.2. The average Bonchev–Trinajstić information content (AvgIpc) is 2.79. The van der Waals surface area contributed by atoms with E-state index >= 15 is 0 Å². The van der Waals surface area contributed by atoms with E-state index in [1.165, 1.54) is 20.2 Å². The molecule has 32 heavy (non-hydrogen) atoms. The lowest BCUT2D eigenvalue weighted by Crippen LogP contribution is -2.53. The summed E-state index contributed by atoms with van der Waals surface area (Å²) in [5.41, 5.74) is 1.33. The van der Waals surface area contributed by atoms with E-state index in [9.17, 15) is 14.4 Å². The monoisotopic (exact) mass is 442 g/mol. The van der Waals surface area contributed by atoms with Crippen molar-refractivity contribution in [2.45, 2.75) is 25.3 Å². The van der Waals surface area contributed by atoms with Crippen LogP contribution in [-0.4, -0.2) is 64.6 Å². The fraction of sp³-hybridized carbons (Fsp3) is 0.409. The predicted octanol–water partition coefficient (Wildman–Crippen LogP) is 0.889. The number of carbonyl (C=O) groups is 3. The fourth-order valence-corrected chi connectivity index (χ4v) is 4.61. The Morgan fingerprint density at radius 1 is 1.31 bits per heavy atom. The van der Waals surface area contributed by atoms with E-state index < -0.39 is 0 Å². The van der Waals surface area contributed by atoms with E-state index in [0.717, 1.165) is 12.1 Å². The minimum atomic E-state index is -0.250. The molecule has 10 nitrogen and oxygen atoms in total.